The third-order valence-electron chi connectivity index (χ3n) is 6.70. The Balaban J connectivity index is 1.34. The molecule has 0 saturated heterocycles. The summed E-state index contributed by atoms with van der Waals surface area (Å²) in [6.07, 6.45) is 1.98. The number of nitrogens with one attached hydrogen (secondary N) is 1. The molecule has 4 aromatic rings. The van der Waals surface area contributed by atoms with Crippen molar-refractivity contribution in [1.29, 1.82) is 0 Å². The number of thiophene rings is 1. The molecule has 0 radical (unpaired) electrons. The number of benzene rings is 2. The van der Waals surface area contributed by atoms with Crippen molar-refractivity contribution in [2.45, 2.75) is 31.3 Å². The molecule has 6 rings (SSSR count). The molecular formula is C26H23ClN6O2S3. The topological polar surface area (TPSA) is 92.5 Å². The number of nitrogens with zero attached hydrogens (tertiary/aromatic N) is 5. The first-order valence-corrected chi connectivity index (χ1v) is 15.4. The number of anilines is 1. The van der Waals surface area contributed by atoms with Gasteiger partial charge in [0.25, 0.3) is 0 Å². The number of rotatable bonds is 3. The van der Waals surface area contributed by atoms with Crippen molar-refractivity contribution in [2.24, 2.45) is 4.99 Å². The van der Waals surface area contributed by atoms with E-state index >= 15 is 0 Å². The van der Waals surface area contributed by atoms with Gasteiger partial charge < -0.3 is 10.2 Å². The second-order valence-corrected chi connectivity index (χ2v) is 13.1. The fraction of sp³-hybridized carbons (Fsp3) is 0.231. The van der Waals surface area contributed by atoms with Gasteiger partial charge in [-0.25, -0.2) is 8.42 Å². The normalized spacial score (nSPS) is 14.7. The molecule has 2 aliphatic rings. The lowest BCUT2D eigenvalue weighted by Crippen LogP contribution is -2.38. The number of sulfone groups is 1. The smallest absolute Gasteiger partial charge is 0.175 e. The van der Waals surface area contributed by atoms with Crippen molar-refractivity contribution in [3.8, 4) is 5.00 Å². The van der Waals surface area contributed by atoms with Crippen molar-refractivity contribution >= 4 is 61.5 Å². The lowest BCUT2D eigenvalue weighted by Gasteiger charge is -2.30. The minimum absolute atomic E-state index is 0.274. The van der Waals surface area contributed by atoms with Crippen LogP contribution in [0.3, 0.4) is 0 Å². The standard InChI is InChI=1S/C26H23ClN6O2S3/c1-15-30-31-22-13-28-24(18-5-3-4-6-20(18)27)23-19-11-12-32(14-21(19)37-25(23)33(15)22)26(36)29-16-7-9-17(10-8-16)38(2,34)35/h3-10H,11-14H2,1-2H3,(H,29,36). The highest BCUT2D eigenvalue weighted by Gasteiger charge is 2.32. The lowest BCUT2D eigenvalue weighted by molar-refractivity contribution is 0.405. The SMILES string of the molecule is Cc1nnc2n1-c1sc3c(c1C(c1ccccc1Cl)=NC2)CCN(C(=S)Nc1ccc(S(C)(=O)=O)cc1)C3. The van der Waals surface area contributed by atoms with Gasteiger partial charge in [-0.05, 0) is 61.5 Å². The second kappa shape index (κ2) is 9.57. The van der Waals surface area contributed by atoms with Gasteiger partial charge in [0.15, 0.2) is 20.8 Å². The van der Waals surface area contributed by atoms with Crippen molar-refractivity contribution in [3.63, 3.8) is 0 Å². The molecule has 0 unspecified atom stereocenters. The average Bonchev–Trinajstić information content (AvgIpc) is 3.39. The Bertz CT molecular complexity index is 1720. The molecule has 12 heteroatoms. The first kappa shape index (κ1) is 25.2. The van der Waals surface area contributed by atoms with E-state index in [2.05, 4.69) is 25.0 Å². The first-order valence-electron chi connectivity index (χ1n) is 11.9. The van der Waals surface area contributed by atoms with Crippen molar-refractivity contribution in [2.75, 3.05) is 18.1 Å². The molecule has 0 spiro atoms. The molecule has 194 valence electrons. The highest BCUT2D eigenvalue weighted by atomic mass is 35.5. The number of aryl methyl sites for hydroxylation is 1. The molecular weight excluding hydrogens is 560 g/mol. The molecule has 2 aromatic heterocycles. The van der Waals surface area contributed by atoms with E-state index in [1.54, 1.807) is 35.6 Å². The van der Waals surface area contributed by atoms with Gasteiger partial charge in [-0.2, -0.15) is 0 Å². The van der Waals surface area contributed by atoms with Gasteiger partial charge in [0.2, 0.25) is 0 Å². The zero-order valence-electron chi connectivity index (χ0n) is 20.6. The fourth-order valence-electron chi connectivity index (χ4n) is 4.83. The molecule has 8 nitrogen and oxygen atoms in total. The number of hydrogen-bond donors (Lipinski definition) is 1. The summed E-state index contributed by atoms with van der Waals surface area (Å²) in [6, 6.07) is 14.4. The molecule has 2 aliphatic heterocycles. The molecule has 2 aromatic carbocycles. The highest BCUT2D eigenvalue weighted by Crippen LogP contribution is 2.40. The zero-order chi connectivity index (χ0) is 26.6. The van der Waals surface area contributed by atoms with E-state index in [1.807, 2.05) is 31.2 Å². The van der Waals surface area contributed by atoms with E-state index in [0.29, 0.717) is 23.2 Å². The minimum atomic E-state index is -3.25. The van der Waals surface area contributed by atoms with E-state index in [9.17, 15) is 8.42 Å². The van der Waals surface area contributed by atoms with Gasteiger partial charge >= 0.3 is 0 Å². The Morgan fingerprint density at radius 2 is 1.89 bits per heavy atom. The Kier molecular flexibility index (Phi) is 6.34. The molecule has 0 aliphatic carbocycles. The minimum Gasteiger partial charge on any atom is -0.344 e. The number of hydrogen-bond acceptors (Lipinski definition) is 7. The van der Waals surface area contributed by atoms with Gasteiger partial charge in [0.1, 0.15) is 17.4 Å². The maximum atomic E-state index is 11.8. The van der Waals surface area contributed by atoms with Crippen LogP contribution in [-0.2, 0) is 29.3 Å². The lowest BCUT2D eigenvalue weighted by atomic mass is 9.95. The Morgan fingerprint density at radius 1 is 1.13 bits per heavy atom. The fourth-order valence-corrected chi connectivity index (χ4v) is 7.39. The van der Waals surface area contributed by atoms with Crippen molar-refractivity contribution in [3.05, 3.63) is 86.8 Å². The van der Waals surface area contributed by atoms with Crippen molar-refractivity contribution in [1.82, 2.24) is 19.7 Å². The van der Waals surface area contributed by atoms with Gasteiger partial charge in [0, 0.05) is 39.5 Å². The molecule has 0 saturated carbocycles. The predicted molar refractivity (Wildman–Crippen MR) is 155 cm³/mol. The van der Waals surface area contributed by atoms with E-state index in [0.717, 1.165) is 52.1 Å². The quantitative estimate of drug-likeness (QED) is 0.347. The maximum Gasteiger partial charge on any atom is 0.175 e. The Labute approximate surface area is 234 Å². The summed E-state index contributed by atoms with van der Waals surface area (Å²) >= 11 is 14.1. The highest BCUT2D eigenvalue weighted by molar-refractivity contribution is 7.90. The third-order valence-corrected chi connectivity index (χ3v) is 9.72. The van der Waals surface area contributed by atoms with Gasteiger partial charge in [-0.1, -0.05) is 29.8 Å². The zero-order valence-corrected chi connectivity index (χ0v) is 23.8. The van der Waals surface area contributed by atoms with Crippen LogP contribution < -0.4 is 5.32 Å². The summed E-state index contributed by atoms with van der Waals surface area (Å²) in [6.45, 7) is 3.76. The molecule has 0 bridgehead atoms. The van der Waals surface area contributed by atoms with Crippen LogP contribution in [-0.4, -0.2) is 51.7 Å². The maximum absolute atomic E-state index is 11.8. The van der Waals surface area contributed by atoms with E-state index in [4.69, 9.17) is 28.8 Å². The van der Waals surface area contributed by atoms with Crippen LogP contribution in [0, 0.1) is 6.92 Å². The summed E-state index contributed by atoms with van der Waals surface area (Å²) in [5.41, 5.74) is 4.88. The average molecular weight is 583 g/mol. The molecule has 0 fully saturated rings. The summed E-state index contributed by atoms with van der Waals surface area (Å²) < 4.78 is 25.6. The van der Waals surface area contributed by atoms with Crippen LogP contribution in [0.25, 0.3) is 5.00 Å². The van der Waals surface area contributed by atoms with Gasteiger partial charge in [0.05, 0.1) is 17.2 Å². The Morgan fingerprint density at radius 3 is 2.63 bits per heavy atom. The molecule has 38 heavy (non-hydrogen) atoms. The summed E-state index contributed by atoms with van der Waals surface area (Å²) in [5.74, 6) is 1.62. The number of fused-ring (bicyclic) bond motifs is 5. The van der Waals surface area contributed by atoms with E-state index in [-0.39, 0.29) is 4.90 Å². The molecule has 0 atom stereocenters. The van der Waals surface area contributed by atoms with E-state index in [1.165, 1.54) is 16.7 Å². The van der Waals surface area contributed by atoms with Crippen molar-refractivity contribution < 1.29 is 8.42 Å². The molecule has 1 N–H and O–H groups in total. The first-order chi connectivity index (χ1) is 18.2. The second-order valence-electron chi connectivity index (χ2n) is 9.23. The number of thiocarbonyl (C=S) groups is 1. The largest absolute Gasteiger partial charge is 0.344 e. The number of aromatic nitrogens is 3. The van der Waals surface area contributed by atoms with Crippen LogP contribution in [0.4, 0.5) is 5.69 Å². The van der Waals surface area contributed by atoms with Gasteiger partial charge in [-0.3, -0.25) is 9.56 Å². The van der Waals surface area contributed by atoms with Crippen LogP contribution in [0.2, 0.25) is 5.02 Å². The molecule has 0 amide bonds. The summed E-state index contributed by atoms with van der Waals surface area (Å²) in [7, 11) is -3.25. The summed E-state index contributed by atoms with van der Waals surface area (Å²) in [4.78, 5) is 8.60. The van der Waals surface area contributed by atoms with Crippen LogP contribution in [0.15, 0.2) is 58.4 Å². The molecule has 4 heterocycles. The third kappa shape index (κ3) is 4.43. The van der Waals surface area contributed by atoms with E-state index < -0.39 is 9.84 Å². The van der Waals surface area contributed by atoms with Crippen LogP contribution >= 0.6 is 35.2 Å². The number of aliphatic imine (C=N–C) groups is 1. The van der Waals surface area contributed by atoms with Crippen LogP contribution in [0.5, 0.6) is 0 Å². The predicted octanol–water partition coefficient (Wildman–Crippen LogP) is 4.80. The van der Waals surface area contributed by atoms with Crippen LogP contribution in [0.1, 0.15) is 33.2 Å². The summed E-state index contributed by atoms with van der Waals surface area (Å²) in [5, 5.41) is 14.3. The van der Waals surface area contributed by atoms with Gasteiger partial charge in [-0.15, -0.1) is 21.5 Å². The monoisotopic (exact) mass is 582 g/mol. The number of halogens is 1. The Hall–Kier alpha value is -3.12.